The van der Waals surface area contributed by atoms with Gasteiger partial charge < -0.3 is 9.47 Å². The van der Waals surface area contributed by atoms with Gasteiger partial charge in [0, 0.05) is 0 Å². The summed E-state index contributed by atoms with van der Waals surface area (Å²) < 4.78 is 70.2. The molecule has 0 spiro atoms. The zero-order valence-electron chi connectivity index (χ0n) is 23.8. The first kappa shape index (κ1) is 30.4. The first-order valence-electron chi connectivity index (χ1n) is 15.1. The molecule has 2 aromatic rings. The van der Waals surface area contributed by atoms with Crippen molar-refractivity contribution >= 4 is 5.97 Å². The van der Waals surface area contributed by atoms with E-state index < -0.39 is 40.9 Å². The molecule has 0 aromatic heterocycles. The molecular formula is C33H42F4O3. The molecule has 0 unspecified atom stereocenters. The Morgan fingerprint density at radius 3 is 1.90 bits per heavy atom. The molecule has 2 aliphatic carbocycles. The highest BCUT2D eigenvalue weighted by molar-refractivity contribution is 5.90. The Morgan fingerprint density at radius 2 is 1.30 bits per heavy atom. The van der Waals surface area contributed by atoms with Crippen molar-refractivity contribution in [3.05, 3.63) is 64.2 Å². The molecular weight excluding hydrogens is 520 g/mol. The molecule has 0 bridgehead atoms. The predicted molar refractivity (Wildman–Crippen MR) is 148 cm³/mol. The second kappa shape index (κ2) is 14.4. The minimum Gasteiger partial charge on any atom is -0.490 e. The van der Waals surface area contributed by atoms with Crippen LogP contribution in [0.4, 0.5) is 17.6 Å². The van der Waals surface area contributed by atoms with Gasteiger partial charge in [-0.25, -0.2) is 18.0 Å². The first-order chi connectivity index (χ1) is 19.3. The smallest absolute Gasteiger partial charge is 0.341 e. The molecule has 7 heteroatoms. The summed E-state index contributed by atoms with van der Waals surface area (Å²) in [7, 11) is 0. The SMILES string of the molecule is CCCCCCCOc1ccc(C(=O)OC2CCC(c3ccc(C4CCC(C)CC4)c(F)c3F)CC2)c(F)c1F. The lowest BCUT2D eigenvalue weighted by Gasteiger charge is -2.30. The third-order valence-electron chi connectivity index (χ3n) is 8.76. The Hall–Kier alpha value is -2.57. The molecule has 0 amide bonds. The van der Waals surface area contributed by atoms with Crippen LogP contribution in [-0.2, 0) is 4.74 Å². The van der Waals surface area contributed by atoms with Gasteiger partial charge in [0.05, 0.1) is 12.2 Å². The highest BCUT2D eigenvalue weighted by Gasteiger charge is 2.31. The molecule has 0 saturated heterocycles. The van der Waals surface area contributed by atoms with Crippen LogP contribution in [0, 0.1) is 29.2 Å². The summed E-state index contributed by atoms with van der Waals surface area (Å²) in [6, 6.07) is 5.91. The number of carbonyl (C=O) groups excluding carboxylic acids is 1. The maximum atomic E-state index is 15.1. The van der Waals surface area contributed by atoms with Gasteiger partial charge in [0.2, 0.25) is 5.82 Å². The molecule has 2 aliphatic rings. The van der Waals surface area contributed by atoms with Gasteiger partial charge in [-0.3, -0.25) is 0 Å². The third kappa shape index (κ3) is 7.38. The Balaban J connectivity index is 1.29. The molecule has 0 aliphatic heterocycles. The lowest BCUT2D eigenvalue weighted by atomic mass is 9.77. The van der Waals surface area contributed by atoms with E-state index in [9.17, 15) is 13.6 Å². The molecule has 2 aromatic carbocycles. The maximum Gasteiger partial charge on any atom is 0.341 e. The molecule has 2 fully saturated rings. The second-order valence-corrected chi connectivity index (χ2v) is 11.7. The van der Waals surface area contributed by atoms with Crippen LogP contribution in [0.15, 0.2) is 24.3 Å². The average molecular weight is 563 g/mol. The van der Waals surface area contributed by atoms with Crippen LogP contribution >= 0.6 is 0 Å². The largest absolute Gasteiger partial charge is 0.490 e. The second-order valence-electron chi connectivity index (χ2n) is 11.7. The summed E-state index contributed by atoms with van der Waals surface area (Å²) in [5.74, 6) is -4.62. The normalized spacial score (nSPS) is 23.1. The van der Waals surface area contributed by atoms with E-state index >= 15 is 8.78 Å². The molecule has 0 N–H and O–H groups in total. The number of carbonyl (C=O) groups is 1. The number of benzene rings is 2. The zero-order valence-corrected chi connectivity index (χ0v) is 23.8. The molecule has 0 radical (unpaired) electrons. The van der Waals surface area contributed by atoms with Crippen molar-refractivity contribution in [1.82, 2.24) is 0 Å². The number of hydrogen-bond acceptors (Lipinski definition) is 3. The quantitative estimate of drug-likeness (QED) is 0.155. The Labute approximate surface area is 235 Å². The van der Waals surface area contributed by atoms with Crippen LogP contribution < -0.4 is 4.74 Å². The molecule has 0 atom stereocenters. The fourth-order valence-corrected chi connectivity index (χ4v) is 6.18. The summed E-state index contributed by atoms with van der Waals surface area (Å²) in [5, 5.41) is 0. The third-order valence-corrected chi connectivity index (χ3v) is 8.76. The van der Waals surface area contributed by atoms with Gasteiger partial charge in [-0.1, -0.05) is 64.5 Å². The summed E-state index contributed by atoms with van der Waals surface area (Å²) in [6.45, 7) is 4.59. The van der Waals surface area contributed by atoms with E-state index in [4.69, 9.17) is 9.47 Å². The lowest BCUT2D eigenvalue weighted by molar-refractivity contribution is 0.0188. The first-order valence-corrected chi connectivity index (χ1v) is 15.1. The van der Waals surface area contributed by atoms with Crippen LogP contribution in [-0.4, -0.2) is 18.7 Å². The van der Waals surface area contributed by atoms with Crippen molar-refractivity contribution in [1.29, 1.82) is 0 Å². The molecule has 2 saturated carbocycles. The summed E-state index contributed by atoms with van der Waals surface area (Å²) >= 11 is 0. The van der Waals surface area contributed by atoms with Crippen LogP contribution in [0.2, 0.25) is 0 Å². The van der Waals surface area contributed by atoms with Crippen LogP contribution in [0.5, 0.6) is 5.75 Å². The fraction of sp³-hybridized carbons (Fsp3) is 0.606. The number of esters is 1. The molecule has 0 heterocycles. The number of halogens is 4. The van der Waals surface area contributed by atoms with Crippen LogP contribution in [0.25, 0.3) is 0 Å². The molecule has 3 nitrogen and oxygen atoms in total. The van der Waals surface area contributed by atoms with E-state index in [1.165, 1.54) is 12.1 Å². The highest BCUT2D eigenvalue weighted by Crippen LogP contribution is 2.41. The summed E-state index contributed by atoms with van der Waals surface area (Å²) in [4.78, 5) is 12.6. The molecule has 40 heavy (non-hydrogen) atoms. The van der Waals surface area contributed by atoms with Gasteiger partial charge in [-0.2, -0.15) is 4.39 Å². The standard InChI is InChI=1S/C33H42F4O3/c1-3-4-5-6-7-20-39-28-19-18-27(31(36)32(28)37)33(38)40-24-14-12-23(13-15-24)26-17-16-25(29(34)30(26)35)22-10-8-21(2)9-11-22/h16-19,21-24H,3-15,20H2,1-2H3. The van der Waals surface area contributed by atoms with Crippen LogP contribution in [0.1, 0.15) is 131 Å². The van der Waals surface area contributed by atoms with Gasteiger partial charge in [-0.05, 0) is 86.0 Å². The number of ether oxygens (including phenoxy) is 2. The minimum atomic E-state index is -1.28. The fourth-order valence-electron chi connectivity index (χ4n) is 6.18. The average Bonchev–Trinajstić information content (AvgIpc) is 2.95. The van der Waals surface area contributed by atoms with E-state index in [2.05, 4.69) is 13.8 Å². The summed E-state index contributed by atoms with van der Waals surface area (Å²) in [6.07, 6.45) is 10.2. The lowest BCUT2D eigenvalue weighted by Crippen LogP contribution is -2.25. The van der Waals surface area contributed by atoms with E-state index in [1.807, 2.05) is 0 Å². The van der Waals surface area contributed by atoms with Crippen molar-refractivity contribution in [2.24, 2.45) is 5.92 Å². The van der Waals surface area contributed by atoms with Gasteiger partial charge in [0.25, 0.3) is 0 Å². The van der Waals surface area contributed by atoms with Gasteiger partial charge in [-0.15, -0.1) is 0 Å². The molecule has 4 rings (SSSR count). The zero-order chi connectivity index (χ0) is 28.6. The van der Waals surface area contributed by atoms with Crippen molar-refractivity contribution in [2.75, 3.05) is 6.61 Å². The van der Waals surface area contributed by atoms with Crippen molar-refractivity contribution in [2.45, 2.75) is 115 Å². The number of rotatable bonds is 11. The van der Waals surface area contributed by atoms with E-state index in [0.29, 0.717) is 42.7 Å². The molecule has 220 valence electrons. The van der Waals surface area contributed by atoms with E-state index in [-0.39, 0.29) is 24.2 Å². The topological polar surface area (TPSA) is 35.5 Å². The van der Waals surface area contributed by atoms with Gasteiger partial charge >= 0.3 is 5.97 Å². The van der Waals surface area contributed by atoms with Crippen molar-refractivity contribution in [3.8, 4) is 5.75 Å². The van der Waals surface area contributed by atoms with E-state index in [0.717, 1.165) is 57.8 Å². The van der Waals surface area contributed by atoms with Gasteiger partial charge in [0.1, 0.15) is 6.10 Å². The highest BCUT2D eigenvalue weighted by atomic mass is 19.2. The monoisotopic (exact) mass is 562 g/mol. The number of unbranched alkanes of at least 4 members (excludes halogenated alkanes) is 4. The summed E-state index contributed by atoms with van der Waals surface area (Å²) in [5.41, 5.74) is 0.369. The minimum absolute atomic E-state index is 0.0660. The van der Waals surface area contributed by atoms with Crippen LogP contribution in [0.3, 0.4) is 0 Å². The maximum absolute atomic E-state index is 15.1. The van der Waals surface area contributed by atoms with Gasteiger partial charge in [0.15, 0.2) is 23.2 Å². The Morgan fingerprint density at radius 1 is 0.725 bits per heavy atom. The predicted octanol–water partition coefficient (Wildman–Crippen LogP) is 9.77. The Kier molecular flexibility index (Phi) is 10.9. The van der Waals surface area contributed by atoms with E-state index in [1.54, 1.807) is 12.1 Å². The van der Waals surface area contributed by atoms with Crippen molar-refractivity contribution in [3.63, 3.8) is 0 Å². The Bertz CT molecular complexity index is 1140. The number of hydrogen-bond donors (Lipinski definition) is 0. The van der Waals surface area contributed by atoms with Crippen molar-refractivity contribution < 1.29 is 31.8 Å².